The van der Waals surface area contributed by atoms with E-state index in [2.05, 4.69) is 55.5 Å². The van der Waals surface area contributed by atoms with E-state index in [4.69, 9.17) is 5.73 Å². The van der Waals surface area contributed by atoms with Crippen molar-refractivity contribution in [2.24, 2.45) is 5.73 Å². The molecule has 2 rings (SSSR count). The first-order valence-corrected chi connectivity index (χ1v) is 6.10. The van der Waals surface area contributed by atoms with Gasteiger partial charge in [0.1, 0.15) is 0 Å². The highest BCUT2D eigenvalue weighted by Crippen LogP contribution is 2.20. The SMILES string of the molecule is Cc1cccc(C(CN)Cc2ccccc2)c1. The highest BCUT2D eigenvalue weighted by Gasteiger charge is 2.10. The van der Waals surface area contributed by atoms with Crippen molar-refractivity contribution in [3.05, 3.63) is 71.3 Å². The molecule has 0 aliphatic heterocycles. The van der Waals surface area contributed by atoms with Crippen LogP contribution in [0.1, 0.15) is 22.6 Å². The Balaban J connectivity index is 2.17. The van der Waals surface area contributed by atoms with Crippen LogP contribution < -0.4 is 5.73 Å². The molecule has 2 aromatic rings. The van der Waals surface area contributed by atoms with E-state index in [1.54, 1.807) is 0 Å². The fraction of sp³-hybridized carbons (Fsp3) is 0.250. The Morgan fingerprint density at radius 1 is 1.00 bits per heavy atom. The molecule has 0 saturated carbocycles. The number of hydrogen-bond acceptors (Lipinski definition) is 1. The number of benzene rings is 2. The zero-order valence-electron chi connectivity index (χ0n) is 10.3. The van der Waals surface area contributed by atoms with Crippen LogP contribution >= 0.6 is 0 Å². The van der Waals surface area contributed by atoms with Gasteiger partial charge in [0.15, 0.2) is 0 Å². The number of hydrogen-bond donors (Lipinski definition) is 1. The Bertz CT molecular complexity index is 462. The monoisotopic (exact) mass is 225 g/mol. The topological polar surface area (TPSA) is 26.0 Å². The normalized spacial score (nSPS) is 12.4. The fourth-order valence-electron chi connectivity index (χ4n) is 2.16. The maximum Gasteiger partial charge on any atom is 0.000167 e. The average molecular weight is 225 g/mol. The van der Waals surface area contributed by atoms with Crippen LogP contribution in [0.3, 0.4) is 0 Å². The molecule has 2 N–H and O–H groups in total. The summed E-state index contributed by atoms with van der Waals surface area (Å²) in [6.07, 6.45) is 1.01. The smallest absolute Gasteiger partial charge is 0.000167 e. The van der Waals surface area contributed by atoms with Crippen molar-refractivity contribution < 1.29 is 0 Å². The molecule has 0 saturated heterocycles. The molecule has 0 amide bonds. The Morgan fingerprint density at radius 3 is 2.41 bits per heavy atom. The van der Waals surface area contributed by atoms with Crippen LogP contribution in [0.25, 0.3) is 0 Å². The third kappa shape index (κ3) is 3.18. The third-order valence-electron chi connectivity index (χ3n) is 3.12. The Morgan fingerprint density at radius 2 is 1.76 bits per heavy atom. The van der Waals surface area contributed by atoms with Gasteiger partial charge in [-0.25, -0.2) is 0 Å². The van der Waals surface area contributed by atoms with Crippen molar-refractivity contribution >= 4 is 0 Å². The van der Waals surface area contributed by atoms with Crippen molar-refractivity contribution in [2.45, 2.75) is 19.3 Å². The Labute approximate surface area is 103 Å². The van der Waals surface area contributed by atoms with Gasteiger partial charge in [-0.3, -0.25) is 0 Å². The zero-order valence-corrected chi connectivity index (χ0v) is 10.3. The molecule has 0 bridgehead atoms. The molecule has 0 fully saturated rings. The van der Waals surface area contributed by atoms with Gasteiger partial charge in [0.2, 0.25) is 0 Å². The maximum atomic E-state index is 5.90. The molecule has 0 spiro atoms. The van der Waals surface area contributed by atoms with E-state index in [9.17, 15) is 0 Å². The minimum absolute atomic E-state index is 0.414. The van der Waals surface area contributed by atoms with Crippen LogP contribution in [0.15, 0.2) is 54.6 Å². The lowest BCUT2D eigenvalue weighted by Crippen LogP contribution is -2.15. The molecule has 1 unspecified atom stereocenters. The van der Waals surface area contributed by atoms with Crippen LogP contribution in [0.5, 0.6) is 0 Å². The van der Waals surface area contributed by atoms with Gasteiger partial charge in [0, 0.05) is 5.92 Å². The zero-order chi connectivity index (χ0) is 12.1. The van der Waals surface area contributed by atoms with Crippen molar-refractivity contribution in [3.8, 4) is 0 Å². The summed E-state index contributed by atoms with van der Waals surface area (Å²) >= 11 is 0. The molecule has 1 heteroatoms. The molecule has 2 aromatic carbocycles. The van der Waals surface area contributed by atoms with Gasteiger partial charge in [0.05, 0.1) is 0 Å². The molecule has 0 heterocycles. The van der Waals surface area contributed by atoms with E-state index >= 15 is 0 Å². The fourth-order valence-corrected chi connectivity index (χ4v) is 2.16. The van der Waals surface area contributed by atoms with E-state index in [0.29, 0.717) is 12.5 Å². The van der Waals surface area contributed by atoms with Gasteiger partial charge in [-0.2, -0.15) is 0 Å². The summed E-state index contributed by atoms with van der Waals surface area (Å²) in [7, 11) is 0. The summed E-state index contributed by atoms with van der Waals surface area (Å²) in [5.74, 6) is 0.414. The van der Waals surface area contributed by atoms with Crippen molar-refractivity contribution in [1.82, 2.24) is 0 Å². The van der Waals surface area contributed by atoms with Crippen molar-refractivity contribution in [3.63, 3.8) is 0 Å². The van der Waals surface area contributed by atoms with Crippen LogP contribution in [0.2, 0.25) is 0 Å². The second-order valence-corrected chi connectivity index (χ2v) is 4.54. The first kappa shape index (κ1) is 11.9. The van der Waals surface area contributed by atoms with Crippen LogP contribution in [0.4, 0.5) is 0 Å². The average Bonchev–Trinajstić information content (AvgIpc) is 2.37. The van der Waals surface area contributed by atoms with Crippen LogP contribution in [-0.2, 0) is 6.42 Å². The Kier molecular flexibility index (Phi) is 3.94. The molecule has 0 aliphatic carbocycles. The van der Waals surface area contributed by atoms with Crippen molar-refractivity contribution in [1.29, 1.82) is 0 Å². The molecule has 0 radical (unpaired) electrons. The molecular formula is C16H19N. The summed E-state index contributed by atoms with van der Waals surface area (Å²) < 4.78 is 0. The first-order chi connectivity index (χ1) is 8.29. The standard InChI is InChI=1S/C16H19N/c1-13-6-5-9-15(10-13)16(12-17)11-14-7-3-2-4-8-14/h2-10,16H,11-12,17H2,1H3. The molecule has 1 atom stereocenters. The quantitative estimate of drug-likeness (QED) is 0.849. The summed E-state index contributed by atoms with van der Waals surface area (Å²) in [4.78, 5) is 0. The largest absolute Gasteiger partial charge is 0.330 e. The third-order valence-corrected chi connectivity index (χ3v) is 3.12. The van der Waals surface area contributed by atoms with Gasteiger partial charge >= 0.3 is 0 Å². The lowest BCUT2D eigenvalue weighted by Gasteiger charge is -2.15. The molecule has 0 aromatic heterocycles. The van der Waals surface area contributed by atoms with Gasteiger partial charge in [-0.15, -0.1) is 0 Å². The van der Waals surface area contributed by atoms with E-state index in [-0.39, 0.29) is 0 Å². The minimum Gasteiger partial charge on any atom is -0.330 e. The number of rotatable bonds is 4. The Hall–Kier alpha value is -1.60. The van der Waals surface area contributed by atoms with Crippen molar-refractivity contribution in [2.75, 3.05) is 6.54 Å². The van der Waals surface area contributed by atoms with Gasteiger partial charge in [-0.1, -0.05) is 60.2 Å². The number of nitrogens with two attached hydrogens (primary N) is 1. The maximum absolute atomic E-state index is 5.90. The van der Waals surface area contributed by atoms with Gasteiger partial charge in [-0.05, 0) is 31.0 Å². The van der Waals surface area contributed by atoms with Crippen LogP contribution in [-0.4, -0.2) is 6.54 Å². The molecule has 88 valence electrons. The summed E-state index contributed by atoms with van der Waals surface area (Å²) in [6, 6.07) is 19.2. The summed E-state index contributed by atoms with van der Waals surface area (Å²) in [6.45, 7) is 2.82. The predicted octanol–water partition coefficient (Wildman–Crippen LogP) is 3.28. The van der Waals surface area contributed by atoms with E-state index in [1.807, 2.05) is 6.07 Å². The highest BCUT2D eigenvalue weighted by atomic mass is 14.5. The van der Waals surface area contributed by atoms with E-state index < -0.39 is 0 Å². The lowest BCUT2D eigenvalue weighted by atomic mass is 9.91. The van der Waals surface area contributed by atoms with E-state index in [1.165, 1.54) is 16.7 Å². The van der Waals surface area contributed by atoms with Gasteiger partial charge in [0.25, 0.3) is 0 Å². The summed E-state index contributed by atoms with van der Waals surface area (Å²) in [5.41, 5.74) is 9.90. The first-order valence-electron chi connectivity index (χ1n) is 6.10. The highest BCUT2D eigenvalue weighted by molar-refractivity contribution is 5.28. The lowest BCUT2D eigenvalue weighted by molar-refractivity contribution is 0.694. The molecule has 17 heavy (non-hydrogen) atoms. The molecule has 1 nitrogen and oxygen atoms in total. The predicted molar refractivity (Wildman–Crippen MR) is 73.1 cm³/mol. The second-order valence-electron chi connectivity index (χ2n) is 4.54. The number of aryl methyl sites for hydroxylation is 1. The van der Waals surface area contributed by atoms with E-state index in [0.717, 1.165) is 6.42 Å². The molecule has 0 aliphatic rings. The second kappa shape index (κ2) is 5.65. The minimum atomic E-state index is 0.414. The van der Waals surface area contributed by atoms with Gasteiger partial charge < -0.3 is 5.73 Å². The summed E-state index contributed by atoms with van der Waals surface area (Å²) in [5, 5.41) is 0. The molecular weight excluding hydrogens is 206 g/mol. The van der Waals surface area contributed by atoms with Crippen LogP contribution in [0, 0.1) is 6.92 Å².